The van der Waals surface area contributed by atoms with Gasteiger partial charge < -0.3 is 9.73 Å². The van der Waals surface area contributed by atoms with Crippen LogP contribution in [0.1, 0.15) is 38.0 Å². The smallest absolute Gasteiger partial charge is 0.120 e. The Bertz CT molecular complexity index is 226. The molecule has 0 spiro atoms. The van der Waals surface area contributed by atoms with Gasteiger partial charge in [0.15, 0.2) is 0 Å². The lowest BCUT2D eigenvalue weighted by atomic mass is 9.92. The van der Waals surface area contributed by atoms with Gasteiger partial charge in [0.05, 0.1) is 12.3 Å². The number of nitrogens with one attached hydrogen (secondary N) is 1. The molecule has 0 amide bonds. The first-order chi connectivity index (χ1) is 5.86. The van der Waals surface area contributed by atoms with E-state index in [0.717, 1.165) is 11.8 Å². The van der Waals surface area contributed by atoms with Crippen LogP contribution in [-0.2, 0) is 0 Å². The summed E-state index contributed by atoms with van der Waals surface area (Å²) >= 11 is 0. The number of hydrogen-bond donors (Lipinski definition) is 1. The number of hydrogen-bond acceptors (Lipinski definition) is 2. The van der Waals surface area contributed by atoms with Crippen molar-refractivity contribution in [3.8, 4) is 0 Å². The average molecular weight is 165 g/mol. The molecule has 1 saturated carbocycles. The van der Waals surface area contributed by atoms with Gasteiger partial charge in [0.25, 0.3) is 0 Å². The molecule has 1 aliphatic rings. The van der Waals surface area contributed by atoms with Gasteiger partial charge in [0.1, 0.15) is 5.76 Å². The first-order valence-corrected chi connectivity index (χ1v) is 4.66. The fourth-order valence-corrected chi connectivity index (χ4v) is 1.55. The molecule has 0 aromatic carbocycles. The Kier molecular flexibility index (Phi) is 2.17. The monoisotopic (exact) mass is 165 g/mol. The SMILES string of the molecule is CC(NC1CCC1)c1ccco1. The summed E-state index contributed by atoms with van der Waals surface area (Å²) in [6.07, 6.45) is 5.76. The maximum atomic E-state index is 5.30. The van der Waals surface area contributed by atoms with Gasteiger partial charge in [-0.05, 0) is 31.9 Å². The molecule has 1 aromatic rings. The molecule has 1 fully saturated rings. The van der Waals surface area contributed by atoms with Gasteiger partial charge >= 0.3 is 0 Å². The molecule has 1 aromatic heterocycles. The maximum absolute atomic E-state index is 5.30. The summed E-state index contributed by atoms with van der Waals surface area (Å²) < 4.78 is 5.30. The summed E-state index contributed by atoms with van der Waals surface area (Å²) in [7, 11) is 0. The maximum Gasteiger partial charge on any atom is 0.120 e. The summed E-state index contributed by atoms with van der Waals surface area (Å²) in [6, 6.07) is 5.06. The van der Waals surface area contributed by atoms with Crippen LogP contribution in [0.3, 0.4) is 0 Å². The minimum Gasteiger partial charge on any atom is -0.468 e. The van der Waals surface area contributed by atoms with Crippen LogP contribution in [0.2, 0.25) is 0 Å². The van der Waals surface area contributed by atoms with Crippen LogP contribution in [0.5, 0.6) is 0 Å². The largest absolute Gasteiger partial charge is 0.468 e. The van der Waals surface area contributed by atoms with Crippen molar-refractivity contribution in [3.63, 3.8) is 0 Å². The van der Waals surface area contributed by atoms with Crippen molar-refractivity contribution >= 4 is 0 Å². The van der Waals surface area contributed by atoms with Crippen molar-refractivity contribution in [2.24, 2.45) is 0 Å². The first-order valence-electron chi connectivity index (χ1n) is 4.66. The van der Waals surface area contributed by atoms with Crippen LogP contribution in [0.25, 0.3) is 0 Å². The predicted octanol–water partition coefficient (Wildman–Crippen LogP) is 2.48. The third-order valence-corrected chi connectivity index (χ3v) is 2.56. The van der Waals surface area contributed by atoms with Gasteiger partial charge in [-0.1, -0.05) is 6.42 Å². The average Bonchev–Trinajstić information content (AvgIpc) is 2.47. The third-order valence-electron chi connectivity index (χ3n) is 2.56. The minimum absolute atomic E-state index is 0.366. The molecule has 66 valence electrons. The molecule has 0 aliphatic heterocycles. The molecular weight excluding hydrogens is 150 g/mol. The van der Waals surface area contributed by atoms with Gasteiger partial charge in [0, 0.05) is 6.04 Å². The molecule has 2 nitrogen and oxygen atoms in total. The fourth-order valence-electron chi connectivity index (χ4n) is 1.55. The first kappa shape index (κ1) is 7.87. The second kappa shape index (κ2) is 3.31. The van der Waals surface area contributed by atoms with Crippen LogP contribution >= 0.6 is 0 Å². The van der Waals surface area contributed by atoms with Crippen LogP contribution < -0.4 is 5.32 Å². The van der Waals surface area contributed by atoms with Gasteiger partial charge in [-0.2, -0.15) is 0 Å². The summed E-state index contributed by atoms with van der Waals surface area (Å²) in [6.45, 7) is 2.15. The third kappa shape index (κ3) is 1.53. The molecule has 0 saturated heterocycles. The van der Waals surface area contributed by atoms with Gasteiger partial charge in [-0.25, -0.2) is 0 Å². The van der Waals surface area contributed by atoms with E-state index in [4.69, 9.17) is 4.42 Å². The van der Waals surface area contributed by atoms with E-state index in [1.807, 2.05) is 12.1 Å². The van der Waals surface area contributed by atoms with Crippen molar-refractivity contribution in [2.45, 2.75) is 38.3 Å². The van der Waals surface area contributed by atoms with Gasteiger partial charge in [0.2, 0.25) is 0 Å². The molecule has 1 aliphatic carbocycles. The standard InChI is InChI=1S/C10H15NO/c1-8(10-6-3-7-12-10)11-9-4-2-5-9/h3,6-9,11H,2,4-5H2,1H3. The van der Waals surface area contributed by atoms with Crippen molar-refractivity contribution in [3.05, 3.63) is 24.2 Å². The van der Waals surface area contributed by atoms with Crippen molar-refractivity contribution in [1.29, 1.82) is 0 Å². The van der Waals surface area contributed by atoms with Gasteiger partial charge in [-0.15, -0.1) is 0 Å². The summed E-state index contributed by atoms with van der Waals surface area (Å²) in [5, 5.41) is 3.52. The predicted molar refractivity (Wildman–Crippen MR) is 47.9 cm³/mol. The Morgan fingerprint density at radius 3 is 2.92 bits per heavy atom. The Morgan fingerprint density at radius 1 is 1.58 bits per heavy atom. The normalized spacial score (nSPS) is 20.4. The number of rotatable bonds is 3. The zero-order chi connectivity index (χ0) is 8.39. The minimum atomic E-state index is 0.366. The molecule has 0 bridgehead atoms. The molecule has 2 heteroatoms. The van der Waals surface area contributed by atoms with E-state index >= 15 is 0 Å². The zero-order valence-corrected chi connectivity index (χ0v) is 7.42. The molecule has 1 atom stereocenters. The van der Waals surface area contributed by atoms with Crippen LogP contribution in [0, 0.1) is 0 Å². The van der Waals surface area contributed by atoms with E-state index in [1.54, 1.807) is 6.26 Å². The van der Waals surface area contributed by atoms with Crippen molar-refractivity contribution in [2.75, 3.05) is 0 Å². The highest BCUT2D eigenvalue weighted by molar-refractivity contribution is 5.03. The second-order valence-electron chi connectivity index (χ2n) is 3.53. The quantitative estimate of drug-likeness (QED) is 0.744. The summed E-state index contributed by atoms with van der Waals surface area (Å²) in [4.78, 5) is 0. The summed E-state index contributed by atoms with van der Waals surface area (Å²) in [5.41, 5.74) is 0. The number of furan rings is 1. The zero-order valence-electron chi connectivity index (χ0n) is 7.42. The highest BCUT2D eigenvalue weighted by atomic mass is 16.3. The Hall–Kier alpha value is -0.760. The van der Waals surface area contributed by atoms with Crippen LogP contribution in [0.4, 0.5) is 0 Å². The highest BCUT2D eigenvalue weighted by Gasteiger charge is 2.20. The van der Waals surface area contributed by atoms with E-state index in [1.165, 1.54) is 19.3 Å². The van der Waals surface area contributed by atoms with Crippen molar-refractivity contribution in [1.82, 2.24) is 5.32 Å². The van der Waals surface area contributed by atoms with E-state index in [2.05, 4.69) is 12.2 Å². The molecule has 2 rings (SSSR count). The van der Waals surface area contributed by atoms with E-state index in [9.17, 15) is 0 Å². The Balaban J connectivity index is 1.87. The van der Waals surface area contributed by atoms with Crippen LogP contribution in [0.15, 0.2) is 22.8 Å². The molecule has 1 N–H and O–H groups in total. The molecule has 1 heterocycles. The lowest BCUT2D eigenvalue weighted by Crippen LogP contribution is -2.36. The van der Waals surface area contributed by atoms with E-state index < -0.39 is 0 Å². The lowest BCUT2D eigenvalue weighted by Gasteiger charge is -2.29. The highest BCUT2D eigenvalue weighted by Crippen LogP contribution is 2.22. The lowest BCUT2D eigenvalue weighted by molar-refractivity contribution is 0.294. The second-order valence-corrected chi connectivity index (χ2v) is 3.53. The van der Waals surface area contributed by atoms with Crippen LogP contribution in [-0.4, -0.2) is 6.04 Å². The van der Waals surface area contributed by atoms with Gasteiger partial charge in [-0.3, -0.25) is 0 Å². The fraction of sp³-hybridized carbons (Fsp3) is 0.600. The summed E-state index contributed by atoms with van der Waals surface area (Å²) in [5.74, 6) is 1.04. The van der Waals surface area contributed by atoms with E-state index in [-0.39, 0.29) is 0 Å². The Morgan fingerprint density at radius 2 is 2.42 bits per heavy atom. The molecule has 0 radical (unpaired) electrons. The van der Waals surface area contributed by atoms with E-state index in [0.29, 0.717) is 6.04 Å². The molecule has 1 unspecified atom stereocenters. The topological polar surface area (TPSA) is 25.2 Å². The van der Waals surface area contributed by atoms with Crippen molar-refractivity contribution < 1.29 is 4.42 Å². The Labute approximate surface area is 73.0 Å². The molecular formula is C10H15NO. The molecule has 12 heavy (non-hydrogen) atoms.